The van der Waals surface area contributed by atoms with Gasteiger partial charge in [-0.15, -0.1) is 0 Å². The van der Waals surface area contributed by atoms with Gasteiger partial charge in [0.25, 0.3) is 5.56 Å². The van der Waals surface area contributed by atoms with Gasteiger partial charge in [-0.3, -0.25) is 4.79 Å². The van der Waals surface area contributed by atoms with Gasteiger partial charge in [0, 0.05) is 43.2 Å². The number of nitrogens with zero attached hydrogens (tertiary/aromatic N) is 5. The molecule has 0 spiro atoms. The Labute approximate surface area is 163 Å². The largest absolute Gasteiger partial charge is 0.347 e. The molecule has 0 unspecified atom stereocenters. The highest BCUT2D eigenvalue weighted by Gasteiger charge is 2.27. The standard InChI is InChI=1S/C20H27N5OS/c26-18-12-16-4-1-2-7-17(16)22-25(18)13-14-8-10-24(11-9-14)20-21-19(23-27-20)15-5-3-6-15/h12,14-15H,1-11,13H2. The zero-order valence-corrected chi connectivity index (χ0v) is 16.6. The van der Waals surface area contributed by atoms with E-state index in [1.54, 1.807) is 16.2 Å². The third-order valence-electron chi connectivity index (χ3n) is 6.49. The fourth-order valence-electron chi connectivity index (χ4n) is 4.47. The van der Waals surface area contributed by atoms with Crippen molar-refractivity contribution < 1.29 is 0 Å². The van der Waals surface area contributed by atoms with Crippen LogP contribution in [0.2, 0.25) is 0 Å². The molecule has 0 bridgehead atoms. The first kappa shape index (κ1) is 17.3. The van der Waals surface area contributed by atoms with Gasteiger partial charge in [0.05, 0.1) is 5.69 Å². The Kier molecular flexibility index (Phi) is 4.71. The summed E-state index contributed by atoms with van der Waals surface area (Å²) < 4.78 is 6.31. The third-order valence-corrected chi connectivity index (χ3v) is 7.28. The van der Waals surface area contributed by atoms with E-state index in [-0.39, 0.29) is 5.56 Å². The van der Waals surface area contributed by atoms with E-state index in [0.717, 1.165) is 62.0 Å². The van der Waals surface area contributed by atoms with Crippen molar-refractivity contribution in [2.24, 2.45) is 5.92 Å². The topological polar surface area (TPSA) is 63.9 Å². The predicted octanol–water partition coefficient (Wildman–Crippen LogP) is 3.16. The maximum atomic E-state index is 12.4. The average Bonchev–Trinajstić information content (AvgIpc) is 3.11. The van der Waals surface area contributed by atoms with E-state index in [0.29, 0.717) is 11.8 Å². The minimum absolute atomic E-state index is 0.0762. The number of rotatable bonds is 4. The Bertz CT molecular complexity index is 863. The zero-order chi connectivity index (χ0) is 18.2. The lowest BCUT2D eigenvalue weighted by Gasteiger charge is -2.31. The molecule has 2 aliphatic carbocycles. The van der Waals surface area contributed by atoms with Crippen LogP contribution in [-0.2, 0) is 19.4 Å². The Morgan fingerprint density at radius 1 is 1.07 bits per heavy atom. The van der Waals surface area contributed by atoms with E-state index in [9.17, 15) is 4.79 Å². The molecule has 3 aliphatic rings. The van der Waals surface area contributed by atoms with Crippen molar-refractivity contribution in [2.75, 3.05) is 18.0 Å². The molecule has 0 N–H and O–H groups in total. The normalized spacial score (nSPS) is 21.1. The van der Waals surface area contributed by atoms with Gasteiger partial charge in [-0.2, -0.15) is 9.47 Å². The molecule has 27 heavy (non-hydrogen) atoms. The number of hydrogen-bond acceptors (Lipinski definition) is 6. The maximum absolute atomic E-state index is 12.4. The summed E-state index contributed by atoms with van der Waals surface area (Å²) >= 11 is 1.55. The number of aryl methyl sites for hydroxylation is 2. The molecule has 1 saturated carbocycles. The van der Waals surface area contributed by atoms with E-state index in [4.69, 9.17) is 10.1 Å². The van der Waals surface area contributed by atoms with Gasteiger partial charge in [-0.05, 0) is 62.8 Å². The molecule has 7 heteroatoms. The monoisotopic (exact) mass is 385 g/mol. The second-order valence-electron chi connectivity index (χ2n) is 8.34. The summed E-state index contributed by atoms with van der Waals surface area (Å²) in [5.74, 6) is 2.19. The van der Waals surface area contributed by atoms with Crippen LogP contribution in [0.3, 0.4) is 0 Å². The van der Waals surface area contributed by atoms with Crippen LogP contribution >= 0.6 is 11.5 Å². The molecule has 5 rings (SSSR count). The fraction of sp³-hybridized carbons (Fsp3) is 0.700. The summed E-state index contributed by atoms with van der Waals surface area (Å²) in [6.45, 7) is 2.76. The van der Waals surface area contributed by atoms with Crippen LogP contribution in [0.15, 0.2) is 10.9 Å². The van der Waals surface area contributed by atoms with E-state index < -0.39 is 0 Å². The molecule has 6 nitrogen and oxygen atoms in total. The number of hydrogen-bond donors (Lipinski definition) is 0. The quantitative estimate of drug-likeness (QED) is 0.809. The molecule has 0 atom stereocenters. The maximum Gasteiger partial charge on any atom is 0.267 e. The van der Waals surface area contributed by atoms with Crippen molar-refractivity contribution in [3.05, 3.63) is 33.5 Å². The fourth-order valence-corrected chi connectivity index (χ4v) is 5.27. The van der Waals surface area contributed by atoms with Crippen LogP contribution in [0.25, 0.3) is 0 Å². The van der Waals surface area contributed by atoms with Crippen molar-refractivity contribution in [2.45, 2.75) is 70.3 Å². The number of anilines is 1. The molecule has 2 aromatic rings. The molecule has 2 fully saturated rings. The lowest BCUT2D eigenvalue weighted by atomic mass is 9.85. The van der Waals surface area contributed by atoms with Gasteiger partial charge >= 0.3 is 0 Å². The van der Waals surface area contributed by atoms with E-state index in [2.05, 4.69) is 9.27 Å². The van der Waals surface area contributed by atoms with E-state index in [1.165, 1.54) is 37.7 Å². The molecule has 0 aromatic carbocycles. The number of aromatic nitrogens is 4. The second-order valence-corrected chi connectivity index (χ2v) is 9.07. The summed E-state index contributed by atoms with van der Waals surface area (Å²) in [5, 5.41) is 5.78. The van der Waals surface area contributed by atoms with Crippen LogP contribution in [0.4, 0.5) is 5.13 Å². The molecular formula is C20H27N5OS. The highest BCUT2D eigenvalue weighted by molar-refractivity contribution is 7.09. The summed E-state index contributed by atoms with van der Waals surface area (Å²) in [5.41, 5.74) is 2.40. The molecule has 1 saturated heterocycles. The van der Waals surface area contributed by atoms with Crippen molar-refractivity contribution in [1.29, 1.82) is 0 Å². The minimum atomic E-state index is 0.0762. The molecule has 0 radical (unpaired) electrons. The van der Waals surface area contributed by atoms with E-state index in [1.807, 2.05) is 6.07 Å². The SMILES string of the molecule is O=c1cc2c(nn1CC1CCN(c3nc(C4CCC4)ns3)CC1)CCCC2. The first-order chi connectivity index (χ1) is 13.3. The van der Waals surface area contributed by atoms with Crippen LogP contribution in [-0.4, -0.2) is 32.2 Å². The number of piperidine rings is 1. The van der Waals surface area contributed by atoms with Crippen molar-refractivity contribution >= 4 is 16.7 Å². The van der Waals surface area contributed by atoms with Crippen molar-refractivity contribution in [3.63, 3.8) is 0 Å². The zero-order valence-electron chi connectivity index (χ0n) is 15.8. The summed E-state index contributed by atoms with van der Waals surface area (Å²) in [6.07, 6.45) is 10.4. The lowest BCUT2D eigenvalue weighted by Crippen LogP contribution is -2.37. The average molecular weight is 386 g/mol. The first-order valence-corrected chi connectivity index (χ1v) is 11.2. The van der Waals surface area contributed by atoms with Crippen molar-refractivity contribution in [1.82, 2.24) is 19.1 Å². The van der Waals surface area contributed by atoms with Crippen LogP contribution in [0.5, 0.6) is 0 Å². The van der Waals surface area contributed by atoms with Gasteiger partial charge in [0.15, 0.2) is 0 Å². The molecule has 3 heterocycles. The van der Waals surface area contributed by atoms with Gasteiger partial charge in [-0.1, -0.05) is 6.42 Å². The lowest BCUT2D eigenvalue weighted by molar-refractivity contribution is 0.332. The molecule has 0 amide bonds. The van der Waals surface area contributed by atoms with Crippen LogP contribution in [0, 0.1) is 5.92 Å². The second kappa shape index (κ2) is 7.34. The Balaban J connectivity index is 1.21. The molecular weight excluding hydrogens is 358 g/mol. The molecule has 144 valence electrons. The van der Waals surface area contributed by atoms with Crippen LogP contribution in [0.1, 0.15) is 67.9 Å². The van der Waals surface area contributed by atoms with Crippen molar-refractivity contribution in [3.8, 4) is 0 Å². The first-order valence-electron chi connectivity index (χ1n) is 10.4. The van der Waals surface area contributed by atoms with Gasteiger partial charge in [-0.25, -0.2) is 9.67 Å². The van der Waals surface area contributed by atoms with Gasteiger partial charge < -0.3 is 4.90 Å². The highest BCUT2D eigenvalue weighted by Crippen LogP contribution is 2.36. The molecule has 2 aromatic heterocycles. The predicted molar refractivity (Wildman–Crippen MR) is 107 cm³/mol. The Morgan fingerprint density at radius 3 is 2.67 bits per heavy atom. The molecule has 1 aliphatic heterocycles. The highest BCUT2D eigenvalue weighted by atomic mass is 32.1. The van der Waals surface area contributed by atoms with Crippen LogP contribution < -0.4 is 10.5 Å². The summed E-state index contributed by atoms with van der Waals surface area (Å²) in [4.78, 5) is 19.6. The summed E-state index contributed by atoms with van der Waals surface area (Å²) in [6, 6.07) is 1.83. The smallest absolute Gasteiger partial charge is 0.267 e. The van der Waals surface area contributed by atoms with E-state index >= 15 is 0 Å². The van der Waals surface area contributed by atoms with Gasteiger partial charge in [0.1, 0.15) is 5.82 Å². The Morgan fingerprint density at radius 2 is 1.89 bits per heavy atom. The third kappa shape index (κ3) is 3.53. The minimum Gasteiger partial charge on any atom is -0.347 e. The van der Waals surface area contributed by atoms with Gasteiger partial charge in [0.2, 0.25) is 5.13 Å². The number of fused-ring (bicyclic) bond motifs is 1. The Hall–Kier alpha value is -1.76. The summed E-state index contributed by atoms with van der Waals surface area (Å²) in [7, 11) is 0.